The van der Waals surface area contributed by atoms with Gasteiger partial charge in [-0.2, -0.15) is 0 Å². The van der Waals surface area contributed by atoms with Crippen molar-refractivity contribution in [2.75, 3.05) is 6.61 Å². The molecule has 1 fully saturated rings. The summed E-state index contributed by atoms with van der Waals surface area (Å²) < 4.78 is 5.38. The monoisotopic (exact) mass is 218 g/mol. The average molecular weight is 218 g/mol. The van der Waals surface area contributed by atoms with E-state index >= 15 is 0 Å². The Bertz CT molecular complexity index is 350. The fourth-order valence-electron chi connectivity index (χ4n) is 2.27. The first-order valence-electron chi connectivity index (χ1n) is 5.92. The van der Waals surface area contributed by atoms with Crippen LogP contribution in [0, 0.1) is 5.41 Å². The molecule has 0 atom stereocenters. The smallest absolute Gasteiger partial charge is 0.338 e. The molecule has 0 heterocycles. The molecule has 0 N–H and O–H groups in total. The van der Waals surface area contributed by atoms with Crippen LogP contribution in [0.1, 0.15) is 43.0 Å². The van der Waals surface area contributed by atoms with Crippen molar-refractivity contribution in [3.05, 3.63) is 35.9 Å². The third-order valence-electron chi connectivity index (χ3n) is 3.37. The number of ether oxygens (including phenoxy) is 1. The first kappa shape index (κ1) is 11.2. The summed E-state index contributed by atoms with van der Waals surface area (Å²) in [5, 5.41) is 0. The van der Waals surface area contributed by atoms with E-state index in [1.807, 2.05) is 18.2 Å². The van der Waals surface area contributed by atoms with Crippen LogP contribution in [0.25, 0.3) is 0 Å². The average Bonchev–Trinajstić information content (AvgIpc) is 2.75. The molecule has 1 aliphatic carbocycles. The van der Waals surface area contributed by atoms with Crippen LogP contribution in [-0.4, -0.2) is 12.6 Å². The quantitative estimate of drug-likeness (QED) is 0.726. The van der Waals surface area contributed by atoms with Crippen molar-refractivity contribution in [1.82, 2.24) is 0 Å². The first-order chi connectivity index (χ1) is 7.70. The summed E-state index contributed by atoms with van der Waals surface area (Å²) in [6, 6.07) is 9.19. The Labute approximate surface area is 96.6 Å². The minimum atomic E-state index is -0.200. The van der Waals surface area contributed by atoms with E-state index in [-0.39, 0.29) is 11.4 Å². The van der Waals surface area contributed by atoms with E-state index in [4.69, 9.17) is 4.74 Å². The molecule has 2 heteroatoms. The van der Waals surface area contributed by atoms with Crippen LogP contribution in [0.4, 0.5) is 0 Å². The van der Waals surface area contributed by atoms with E-state index in [1.165, 1.54) is 25.7 Å². The van der Waals surface area contributed by atoms with Gasteiger partial charge in [-0.1, -0.05) is 38.0 Å². The summed E-state index contributed by atoms with van der Waals surface area (Å²) in [4.78, 5) is 11.7. The predicted molar refractivity (Wildman–Crippen MR) is 63.3 cm³/mol. The van der Waals surface area contributed by atoms with E-state index in [9.17, 15) is 4.79 Å². The lowest BCUT2D eigenvalue weighted by atomic mass is 9.90. The van der Waals surface area contributed by atoms with Gasteiger partial charge in [0.1, 0.15) is 0 Å². The minimum Gasteiger partial charge on any atom is -0.462 e. The van der Waals surface area contributed by atoms with Crippen molar-refractivity contribution in [2.45, 2.75) is 32.6 Å². The number of hydrogen-bond acceptors (Lipinski definition) is 2. The maximum Gasteiger partial charge on any atom is 0.338 e. The Morgan fingerprint density at radius 1 is 1.25 bits per heavy atom. The fraction of sp³-hybridized carbons (Fsp3) is 0.500. The third kappa shape index (κ3) is 2.63. The van der Waals surface area contributed by atoms with E-state index in [0.29, 0.717) is 12.2 Å². The van der Waals surface area contributed by atoms with Gasteiger partial charge in [0.05, 0.1) is 12.2 Å². The largest absolute Gasteiger partial charge is 0.462 e. The third-order valence-corrected chi connectivity index (χ3v) is 3.37. The van der Waals surface area contributed by atoms with Crippen molar-refractivity contribution in [3.63, 3.8) is 0 Å². The van der Waals surface area contributed by atoms with Crippen LogP contribution in [0.3, 0.4) is 0 Å². The van der Waals surface area contributed by atoms with Crippen molar-refractivity contribution in [3.8, 4) is 0 Å². The summed E-state index contributed by atoms with van der Waals surface area (Å²) in [6.07, 6.45) is 4.88. The summed E-state index contributed by atoms with van der Waals surface area (Å²) in [5.41, 5.74) is 0.855. The van der Waals surface area contributed by atoms with Gasteiger partial charge in [-0.05, 0) is 25.0 Å². The van der Waals surface area contributed by atoms with Crippen molar-refractivity contribution < 1.29 is 9.53 Å². The molecule has 0 unspecified atom stereocenters. The van der Waals surface area contributed by atoms with Gasteiger partial charge in [-0.25, -0.2) is 4.79 Å². The molecule has 0 bridgehead atoms. The van der Waals surface area contributed by atoms with Gasteiger partial charge in [-0.3, -0.25) is 0 Å². The van der Waals surface area contributed by atoms with Crippen molar-refractivity contribution in [1.29, 1.82) is 0 Å². The van der Waals surface area contributed by atoms with E-state index in [2.05, 4.69) is 6.92 Å². The highest BCUT2D eigenvalue weighted by Crippen LogP contribution is 2.37. The summed E-state index contributed by atoms with van der Waals surface area (Å²) in [5.74, 6) is -0.200. The van der Waals surface area contributed by atoms with E-state index < -0.39 is 0 Å². The van der Waals surface area contributed by atoms with Gasteiger partial charge >= 0.3 is 5.97 Å². The molecule has 16 heavy (non-hydrogen) atoms. The second kappa shape index (κ2) is 4.69. The SMILES string of the molecule is CC1(COC(=O)c2ccccc2)CCCC1. The highest BCUT2D eigenvalue weighted by molar-refractivity contribution is 5.89. The number of hydrogen-bond donors (Lipinski definition) is 0. The fourth-order valence-corrected chi connectivity index (χ4v) is 2.27. The van der Waals surface area contributed by atoms with Crippen LogP contribution < -0.4 is 0 Å². The number of carbonyl (C=O) groups excluding carboxylic acids is 1. The predicted octanol–water partition coefficient (Wildman–Crippen LogP) is 3.42. The molecule has 0 saturated heterocycles. The molecular weight excluding hydrogens is 200 g/mol. The Kier molecular flexibility index (Phi) is 3.28. The van der Waals surface area contributed by atoms with Crippen LogP contribution >= 0.6 is 0 Å². The molecule has 0 spiro atoms. The zero-order valence-electron chi connectivity index (χ0n) is 9.74. The summed E-state index contributed by atoms with van der Waals surface area (Å²) in [7, 11) is 0. The normalized spacial score (nSPS) is 18.3. The Hall–Kier alpha value is -1.31. The van der Waals surface area contributed by atoms with Gasteiger partial charge in [-0.15, -0.1) is 0 Å². The molecule has 2 rings (SSSR count). The highest BCUT2D eigenvalue weighted by Gasteiger charge is 2.30. The Morgan fingerprint density at radius 3 is 2.50 bits per heavy atom. The molecule has 86 valence electrons. The molecule has 0 radical (unpaired) electrons. The van der Waals surface area contributed by atoms with Crippen LogP contribution in [0.5, 0.6) is 0 Å². The molecule has 0 amide bonds. The van der Waals surface area contributed by atoms with Crippen LogP contribution in [-0.2, 0) is 4.74 Å². The number of esters is 1. The van der Waals surface area contributed by atoms with Gasteiger partial charge in [0, 0.05) is 5.41 Å². The standard InChI is InChI=1S/C14H18O2/c1-14(9-5-6-10-14)11-16-13(15)12-7-3-2-4-8-12/h2-4,7-8H,5-6,9-11H2,1H3. The zero-order valence-corrected chi connectivity index (χ0v) is 9.74. The maximum absolute atomic E-state index is 11.7. The topological polar surface area (TPSA) is 26.3 Å². The van der Waals surface area contributed by atoms with E-state index in [1.54, 1.807) is 12.1 Å². The maximum atomic E-state index is 11.7. The lowest BCUT2D eigenvalue weighted by molar-refractivity contribution is 0.0323. The number of carbonyl (C=O) groups is 1. The molecule has 1 aromatic carbocycles. The molecule has 1 saturated carbocycles. The van der Waals surface area contributed by atoms with Gasteiger partial charge in [0.25, 0.3) is 0 Å². The molecule has 0 aromatic heterocycles. The van der Waals surface area contributed by atoms with Crippen molar-refractivity contribution >= 4 is 5.97 Å². The summed E-state index contributed by atoms with van der Waals surface area (Å²) >= 11 is 0. The summed E-state index contributed by atoms with van der Waals surface area (Å²) in [6.45, 7) is 2.76. The van der Waals surface area contributed by atoms with E-state index in [0.717, 1.165) is 0 Å². The number of rotatable bonds is 3. The second-order valence-corrected chi connectivity index (χ2v) is 4.96. The van der Waals surface area contributed by atoms with Crippen LogP contribution in [0.2, 0.25) is 0 Å². The number of benzene rings is 1. The van der Waals surface area contributed by atoms with Crippen molar-refractivity contribution in [2.24, 2.45) is 5.41 Å². The Balaban J connectivity index is 1.89. The highest BCUT2D eigenvalue weighted by atomic mass is 16.5. The molecule has 1 aliphatic rings. The lowest BCUT2D eigenvalue weighted by Gasteiger charge is -2.22. The molecule has 0 aliphatic heterocycles. The van der Waals surface area contributed by atoms with Gasteiger partial charge in [0.2, 0.25) is 0 Å². The van der Waals surface area contributed by atoms with Gasteiger partial charge in [0.15, 0.2) is 0 Å². The van der Waals surface area contributed by atoms with Crippen LogP contribution in [0.15, 0.2) is 30.3 Å². The molecule has 2 nitrogen and oxygen atoms in total. The Morgan fingerprint density at radius 2 is 1.88 bits per heavy atom. The minimum absolute atomic E-state index is 0.200. The molecule has 1 aromatic rings. The van der Waals surface area contributed by atoms with Gasteiger partial charge < -0.3 is 4.74 Å². The second-order valence-electron chi connectivity index (χ2n) is 4.96. The molecular formula is C14H18O2. The lowest BCUT2D eigenvalue weighted by Crippen LogP contribution is -2.21. The zero-order chi connectivity index (χ0) is 11.4. The first-order valence-corrected chi connectivity index (χ1v) is 5.92.